The second-order valence-corrected chi connectivity index (χ2v) is 2.06. The van der Waals surface area contributed by atoms with Gasteiger partial charge in [-0.05, 0) is 17.5 Å². The van der Waals surface area contributed by atoms with E-state index in [0.29, 0.717) is 0 Å². The minimum atomic E-state index is 0. The molecule has 0 aliphatic heterocycles. The number of hydrogen-bond acceptors (Lipinski definition) is 0. The van der Waals surface area contributed by atoms with Crippen molar-refractivity contribution in [2.75, 3.05) is 0 Å². The minimum Gasteiger partial charge on any atom is -1.00 e. The standard InChI is InChI=1S/C8H7N.ClH.Zn/c1-2-4-8-7(3-1)5-6-9-8;;/h1-6,9H;1H;/q;;+2/p-1. The number of aromatic nitrogens is 1. The van der Waals surface area contributed by atoms with Crippen LogP contribution in [0.4, 0.5) is 0 Å². The first kappa shape index (κ1) is 10.7. The third-order valence-electron chi connectivity index (χ3n) is 1.46. The summed E-state index contributed by atoms with van der Waals surface area (Å²) >= 11 is 0. The minimum absolute atomic E-state index is 0. The van der Waals surface area contributed by atoms with Gasteiger partial charge in [0.1, 0.15) is 0 Å². The first-order valence-electron chi connectivity index (χ1n) is 2.99. The molecule has 1 aromatic carbocycles. The maximum Gasteiger partial charge on any atom is 2.00 e. The van der Waals surface area contributed by atoms with E-state index >= 15 is 0 Å². The molecule has 52 valence electrons. The molecule has 0 saturated carbocycles. The molecule has 3 heteroatoms. The van der Waals surface area contributed by atoms with Gasteiger partial charge in [-0.1, -0.05) is 18.2 Å². The van der Waals surface area contributed by atoms with Gasteiger partial charge in [0, 0.05) is 11.7 Å². The van der Waals surface area contributed by atoms with Crippen LogP contribution in [0.2, 0.25) is 0 Å². The van der Waals surface area contributed by atoms with Gasteiger partial charge >= 0.3 is 19.5 Å². The Morgan fingerprint density at radius 1 is 1.00 bits per heavy atom. The molecule has 11 heavy (non-hydrogen) atoms. The summed E-state index contributed by atoms with van der Waals surface area (Å²) in [5.74, 6) is 0. The predicted octanol–water partition coefficient (Wildman–Crippen LogP) is -0.831. The van der Waals surface area contributed by atoms with Crippen LogP contribution in [0.1, 0.15) is 0 Å². The van der Waals surface area contributed by atoms with Crippen molar-refractivity contribution < 1.29 is 31.9 Å². The number of aromatic amines is 1. The molecule has 0 aliphatic carbocycles. The van der Waals surface area contributed by atoms with Crippen LogP contribution in [0.5, 0.6) is 0 Å². The van der Waals surface area contributed by atoms with Crippen molar-refractivity contribution in [3.63, 3.8) is 0 Å². The Balaban J connectivity index is 0.000000500. The van der Waals surface area contributed by atoms with E-state index in [0.717, 1.165) is 0 Å². The van der Waals surface area contributed by atoms with Crippen molar-refractivity contribution in [3.05, 3.63) is 36.5 Å². The Morgan fingerprint density at radius 2 is 1.73 bits per heavy atom. The predicted molar refractivity (Wildman–Crippen MR) is 38.3 cm³/mol. The number of H-pyrrole nitrogens is 1. The largest absolute Gasteiger partial charge is 2.00 e. The van der Waals surface area contributed by atoms with E-state index in [2.05, 4.69) is 23.2 Å². The summed E-state index contributed by atoms with van der Waals surface area (Å²) in [5.41, 5.74) is 1.21. The Kier molecular flexibility index (Phi) is 4.40. The zero-order chi connectivity index (χ0) is 6.10. The van der Waals surface area contributed by atoms with Crippen LogP contribution >= 0.6 is 0 Å². The van der Waals surface area contributed by atoms with Crippen LogP contribution in [0.25, 0.3) is 10.9 Å². The van der Waals surface area contributed by atoms with E-state index in [1.54, 1.807) is 0 Å². The molecule has 0 spiro atoms. The van der Waals surface area contributed by atoms with Crippen molar-refractivity contribution in [1.82, 2.24) is 4.98 Å². The second-order valence-electron chi connectivity index (χ2n) is 2.06. The molecule has 0 atom stereocenters. The Labute approximate surface area is 84.4 Å². The molecule has 0 amide bonds. The molecule has 0 unspecified atom stereocenters. The number of halogens is 1. The molecule has 1 nitrogen and oxygen atoms in total. The van der Waals surface area contributed by atoms with E-state index in [-0.39, 0.29) is 31.9 Å². The molecule has 0 radical (unpaired) electrons. The van der Waals surface area contributed by atoms with Gasteiger partial charge in [0.2, 0.25) is 0 Å². The van der Waals surface area contributed by atoms with Crippen LogP contribution in [-0.2, 0) is 19.5 Å². The average Bonchev–Trinajstić information content (AvgIpc) is 2.33. The second kappa shape index (κ2) is 4.53. The van der Waals surface area contributed by atoms with Crippen molar-refractivity contribution in [2.24, 2.45) is 0 Å². The molecular weight excluding hydrogens is 211 g/mol. The molecule has 0 bridgehead atoms. The van der Waals surface area contributed by atoms with Crippen LogP contribution in [0, 0.1) is 0 Å². The third kappa shape index (κ3) is 2.05. The number of para-hydroxylation sites is 1. The molecule has 0 fully saturated rings. The van der Waals surface area contributed by atoms with Crippen LogP contribution in [-0.4, -0.2) is 4.98 Å². The van der Waals surface area contributed by atoms with Gasteiger partial charge in [-0.2, -0.15) is 0 Å². The first-order valence-corrected chi connectivity index (χ1v) is 2.99. The Hall–Kier alpha value is -0.327. The smallest absolute Gasteiger partial charge is 1.00 e. The fourth-order valence-corrected chi connectivity index (χ4v) is 0.995. The van der Waals surface area contributed by atoms with E-state index in [9.17, 15) is 0 Å². The normalized spacial score (nSPS) is 8.36. The van der Waals surface area contributed by atoms with Gasteiger partial charge < -0.3 is 17.4 Å². The number of hydrogen-bond donors (Lipinski definition) is 1. The summed E-state index contributed by atoms with van der Waals surface area (Å²) in [5, 5.41) is 1.28. The molecular formula is C8H7ClNZn+. The number of benzene rings is 1. The van der Waals surface area contributed by atoms with Crippen LogP contribution in [0.3, 0.4) is 0 Å². The number of rotatable bonds is 0. The van der Waals surface area contributed by atoms with Gasteiger partial charge in [-0.25, -0.2) is 0 Å². The molecule has 0 aliphatic rings. The average molecular weight is 218 g/mol. The fraction of sp³-hybridized carbons (Fsp3) is 0. The summed E-state index contributed by atoms with van der Waals surface area (Å²) in [7, 11) is 0. The summed E-state index contributed by atoms with van der Waals surface area (Å²) < 4.78 is 0. The zero-order valence-corrected chi connectivity index (χ0v) is 9.77. The topological polar surface area (TPSA) is 15.8 Å². The maximum absolute atomic E-state index is 3.12. The summed E-state index contributed by atoms with van der Waals surface area (Å²) in [4.78, 5) is 3.12. The Bertz CT molecular complexity index is 288. The maximum atomic E-state index is 3.12. The molecule has 2 aromatic rings. The summed E-state index contributed by atoms with van der Waals surface area (Å²) in [6.45, 7) is 0. The first-order chi connectivity index (χ1) is 4.47. The van der Waals surface area contributed by atoms with Crippen molar-refractivity contribution in [1.29, 1.82) is 0 Å². The Morgan fingerprint density at radius 3 is 2.45 bits per heavy atom. The van der Waals surface area contributed by atoms with E-state index in [1.807, 2.05) is 18.3 Å². The van der Waals surface area contributed by atoms with Gasteiger partial charge in [0.15, 0.2) is 0 Å². The van der Waals surface area contributed by atoms with Gasteiger partial charge in [0.25, 0.3) is 0 Å². The molecule has 2 rings (SSSR count). The van der Waals surface area contributed by atoms with E-state index in [4.69, 9.17) is 0 Å². The molecule has 1 heterocycles. The molecule has 0 saturated heterocycles. The molecule has 1 N–H and O–H groups in total. The summed E-state index contributed by atoms with van der Waals surface area (Å²) in [6, 6.07) is 10.3. The number of nitrogens with one attached hydrogen (secondary N) is 1. The van der Waals surface area contributed by atoms with E-state index < -0.39 is 0 Å². The fourth-order valence-electron chi connectivity index (χ4n) is 0.995. The van der Waals surface area contributed by atoms with Gasteiger partial charge in [0.05, 0.1) is 0 Å². The van der Waals surface area contributed by atoms with Crippen LogP contribution in [0.15, 0.2) is 36.5 Å². The van der Waals surface area contributed by atoms with Crippen molar-refractivity contribution >= 4 is 10.9 Å². The van der Waals surface area contributed by atoms with Crippen LogP contribution < -0.4 is 12.4 Å². The van der Waals surface area contributed by atoms with Crippen molar-refractivity contribution in [2.45, 2.75) is 0 Å². The van der Waals surface area contributed by atoms with Crippen molar-refractivity contribution in [3.8, 4) is 0 Å². The zero-order valence-electron chi connectivity index (χ0n) is 6.05. The molecule has 1 aromatic heterocycles. The van der Waals surface area contributed by atoms with Gasteiger partial charge in [-0.15, -0.1) is 0 Å². The monoisotopic (exact) mass is 216 g/mol. The summed E-state index contributed by atoms with van der Waals surface area (Å²) in [6.07, 6.45) is 1.95. The quantitative estimate of drug-likeness (QED) is 0.555. The number of fused-ring (bicyclic) bond motifs is 1. The van der Waals surface area contributed by atoms with Gasteiger partial charge in [-0.3, -0.25) is 0 Å². The SMILES string of the molecule is [Cl-].[Zn+2].c1ccc2[nH]ccc2c1. The third-order valence-corrected chi connectivity index (χ3v) is 1.46. The van der Waals surface area contributed by atoms with E-state index in [1.165, 1.54) is 10.9 Å².